The molecule has 0 bridgehead atoms. The van der Waals surface area contributed by atoms with Gasteiger partial charge in [-0.1, -0.05) is 32.1 Å². The van der Waals surface area contributed by atoms with Crippen molar-refractivity contribution in [2.75, 3.05) is 19.6 Å². The average Bonchev–Trinajstić information content (AvgIpc) is 2.97. The molecule has 2 saturated carbocycles. The lowest BCUT2D eigenvalue weighted by Crippen LogP contribution is -2.48. The molecule has 3 heteroatoms. The average molecular weight is 264 g/mol. The van der Waals surface area contributed by atoms with E-state index in [4.69, 9.17) is 0 Å². The second-order valence-electron chi connectivity index (χ2n) is 6.80. The summed E-state index contributed by atoms with van der Waals surface area (Å²) in [5.41, 5.74) is 0. The van der Waals surface area contributed by atoms with Crippen LogP contribution in [0.4, 0.5) is 0 Å². The standard InChI is InChI=1S/C16H28N2O/c19-16(11-17-15-7-3-4-8-15)18-10-9-13-5-1-2-6-14(13)12-18/h13-15,17H,1-12H2. The van der Waals surface area contributed by atoms with E-state index in [1.54, 1.807) is 0 Å². The first kappa shape index (κ1) is 13.4. The van der Waals surface area contributed by atoms with Crippen LogP contribution in [0.1, 0.15) is 57.8 Å². The van der Waals surface area contributed by atoms with Gasteiger partial charge in [0.15, 0.2) is 0 Å². The summed E-state index contributed by atoms with van der Waals surface area (Å²) in [6.07, 6.45) is 12.0. The van der Waals surface area contributed by atoms with E-state index in [2.05, 4.69) is 10.2 Å². The molecule has 3 rings (SSSR count). The number of piperidine rings is 1. The van der Waals surface area contributed by atoms with Crippen molar-refractivity contribution in [3.8, 4) is 0 Å². The van der Waals surface area contributed by atoms with Crippen molar-refractivity contribution < 1.29 is 4.79 Å². The second-order valence-corrected chi connectivity index (χ2v) is 6.80. The SMILES string of the molecule is O=C(CNC1CCCC1)N1CCC2CCCCC2C1. The number of nitrogens with one attached hydrogen (secondary N) is 1. The highest BCUT2D eigenvalue weighted by Gasteiger charge is 2.32. The molecule has 1 heterocycles. The van der Waals surface area contributed by atoms with Gasteiger partial charge in [-0.15, -0.1) is 0 Å². The Balaban J connectivity index is 1.44. The first-order valence-corrected chi connectivity index (χ1v) is 8.34. The number of carbonyl (C=O) groups excluding carboxylic acids is 1. The molecule has 2 aliphatic carbocycles. The smallest absolute Gasteiger partial charge is 0.236 e. The van der Waals surface area contributed by atoms with E-state index in [-0.39, 0.29) is 0 Å². The van der Waals surface area contributed by atoms with E-state index in [0.29, 0.717) is 18.5 Å². The predicted molar refractivity (Wildman–Crippen MR) is 76.9 cm³/mol. The van der Waals surface area contributed by atoms with Gasteiger partial charge in [0.1, 0.15) is 0 Å². The van der Waals surface area contributed by atoms with Gasteiger partial charge in [-0.25, -0.2) is 0 Å². The summed E-state index contributed by atoms with van der Waals surface area (Å²) in [5.74, 6) is 2.06. The van der Waals surface area contributed by atoms with Gasteiger partial charge in [-0.2, -0.15) is 0 Å². The van der Waals surface area contributed by atoms with Crippen LogP contribution in [0.5, 0.6) is 0 Å². The first-order chi connectivity index (χ1) is 9.33. The van der Waals surface area contributed by atoms with Crippen LogP contribution in [-0.4, -0.2) is 36.5 Å². The minimum atomic E-state index is 0.343. The first-order valence-electron chi connectivity index (χ1n) is 8.34. The second kappa shape index (κ2) is 6.25. The minimum Gasteiger partial charge on any atom is -0.341 e. The number of rotatable bonds is 3. The van der Waals surface area contributed by atoms with Crippen LogP contribution < -0.4 is 5.32 Å². The predicted octanol–water partition coefficient (Wildman–Crippen LogP) is 2.56. The Bertz CT molecular complexity index is 312. The number of fused-ring (bicyclic) bond motifs is 1. The fourth-order valence-corrected chi connectivity index (χ4v) is 4.30. The largest absolute Gasteiger partial charge is 0.341 e. The van der Waals surface area contributed by atoms with E-state index < -0.39 is 0 Å². The molecule has 0 aromatic carbocycles. The maximum atomic E-state index is 12.3. The topological polar surface area (TPSA) is 32.3 Å². The van der Waals surface area contributed by atoms with Gasteiger partial charge in [0.05, 0.1) is 6.54 Å². The van der Waals surface area contributed by atoms with E-state index in [1.807, 2.05) is 0 Å². The quantitative estimate of drug-likeness (QED) is 0.849. The van der Waals surface area contributed by atoms with Crippen LogP contribution in [0.3, 0.4) is 0 Å². The summed E-state index contributed by atoms with van der Waals surface area (Å²) < 4.78 is 0. The lowest BCUT2D eigenvalue weighted by molar-refractivity contribution is -0.133. The fraction of sp³-hybridized carbons (Fsp3) is 0.938. The van der Waals surface area contributed by atoms with Crippen LogP contribution in [0.15, 0.2) is 0 Å². The van der Waals surface area contributed by atoms with E-state index in [0.717, 1.165) is 24.9 Å². The molecule has 0 aromatic rings. The van der Waals surface area contributed by atoms with Crippen LogP contribution in [0.2, 0.25) is 0 Å². The van der Waals surface area contributed by atoms with Gasteiger partial charge >= 0.3 is 0 Å². The Kier molecular flexibility index (Phi) is 4.42. The molecule has 19 heavy (non-hydrogen) atoms. The molecular formula is C16H28N2O. The van der Waals surface area contributed by atoms with Crippen LogP contribution in [0, 0.1) is 11.8 Å². The summed E-state index contributed by atoms with van der Waals surface area (Å²) in [7, 11) is 0. The van der Waals surface area contributed by atoms with Gasteiger partial charge in [0, 0.05) is 19.1 Å². The number of likely N-dealkylation sites (tertiary alicyclic amines) is 1. The molecule has 1 amide bonds. The third kappa shape index (κ3) is 3.31. The highest BCUT2D eigenvalue weighted by atomic mass is 16.2. The molecule has 1 aliphatic heterocycles. The van der Waals surface area contributed by atoms with E-state index in [1.165, 1.54) is 57.8 Å². The van der Waals surface area contributed by atoms with Crippen LogP contribution in [0.25, 0.3) is 0 Å². The lowest BCUT2D eigenvalue weighted by Gasteiger charge is -2.41. The maximum absolute atomic E-state index is 12.3. The summed E-state index contributed by atoms with van der Waals surface area (Å²) >= 11 is 0. The molecule has 3 aliphatic rings. The summed E-state index contributed by atoms with van der Waals surface area (Å²) in [5, 5.41) is 3.46. The molecule has 108 valence electrons. The number of carbonyl (C=O) groups is 1. The molecule has 0 spiro atoms. The normalized spacial score (nSPS) is 32.3. The van der Waals surface area contributed by atoms with Crippen molar-refractivity contribution in [1.29, 1.82) is 0 Å². The summed E-state index contributed by atoms with van der Waals surface area (Å²) in [6, 6.07) is 0.608. The molecule has 1 N–H and O–H groups in total. The molecule has 2 atom stereocenters. The Morgan fingerprint density at radius 3 is 2.42 bits per heavy atom. The number of hydrogen-bond acceptors (Lipinski definition) is 2. The zero-order chi connectivity index (χ0) is 13.1. The zero-order valence-electron chi connectivity index (χ0n) is 12.1. The molecular weight excluding hydrogens is 236 g/mol. The van der Waals surface area contributed by atoms with Gasteiger partial charge in [0.2, 0.25) is 5.91 Å². The van der Waals surface area contributed by atoms with Crippen molar-refractivity contribution in [3.05, 3.63) is 0 Å². The van der Waals surface area contributed by atoms with Gasteiger partial charge in [-0.3, -0.25) is 4.79 Å². The Morgan fingerprint density at radius 2 is 1.63 bits per heavy atom. The summed E-state index contributed by atoms with van der Waals surface area (Å²) in [4.78, 5) is 14.4. The Labute approximate surface area is 117 Å². The third-order valence-electron chi connectivity index (χ3n) is 5.54. The highest BCUT2D eigenvalue weighted by molar-refractivity contribution is 5.78. The Hall–Kier alpha value is -0.570. The van der Waals surface area contributed by atoms with Gasteiger partial charge in [0.25, 0.3) is 0 Å². The van der Waals surface area contributed by atoms with Crippen molar-refractivity contribution in [2.24, 2.45) is 11.8 Å². The number of amides is 1. The molecule has 0 aromatic heterocycles. The van der Waals surface area contributed by atoms with Crippen molar-refractivity contribution in [3.63, 3.8) is 0 Å². The van der Waals surface area contributed by atoms with Gasteiger partial charge < -0.3 is 10.2 Å². The van der Waals surface area contributed by atoms with E-state index in [9.17, 15) is 4.79 Å². The molecule has 3 fully saturated rings. The van der Waals surface area contributed by atoms with Crippen LogP contribution >= 0.6 is 0 Å². The zero-order valence-corrected chi connectivity index (χ0v) is 12.1. The number of nitrogens with zero attached hydrogens (tertiary/aromatic N) is 1. The third-order valence-corrected chi connectivity index (χ3v) is 5.54. The number of hydrogen-bond donors (Lipinski definition) is 1. The molecule has 1 saturated heterocycles. The lowest BCUT2D eigenvalue weighted by atomic mass is 9.75. The van der Waals surface area contributed by atoms with Gasteiger partial charge in [-0.05, 0) is 37.5 Å². The monoisotopic (exact) mass is 264 g/mol. The van der Waals surface area contributed by atoms with E-state index >= 15 is 0 Å². The van der Waals surface area contributed by atoms with Crippen molar-refractivity contribution in [2.45, 2.75) is 63.8 Å². The van der Waals surface area contributed by atoms with Crippen molar-refractivity contribution >= 4 is 5.91 Å². The Morgan fingerprint density at radius 1 is 0.947 bits per heavy atom. The highest BCUT2D eigenvalue weighted by Crippen LogP contribution is 2.35. The fourth-order valence-electron chi connectivity index (χ4n) is 4.30. The minimum absolute atomic E-state index is 0.343. The molecule has 3 nitrogen and oxygen atoms in total. The molecule has 0 radical (unpaired) electrons. The molecule has 2 unspecified atom stereocenters. The summed E-state index contributed by atoms with van der Waals surface area (Å²) in [6.45, 7) is 2.62. The van der Waals surface area contributed by atoms with Crippen LogP contribution in [-0.2, 0) is 4.79 Å². The maximum Gasteiger partial charge on any atom is 0.236 e. The van der Waals surface area contributed by atoms with Crippen molar-refractivity contribution in [1.82, 2.24) is 10.2 Å².